The van der Waals surface area contributed by atoms with Gasteiger partial charge in [0.2, 0.25) is 0 Å². The Morgan fingerprint density at radius 3 is 2.73 bits per heavy atom. The summed E-state index contributed by atoms with van der Waals surface area (Å²) in [4.78, 5) is 14.7. The third-order valence-electron chi connectivity index (χ3n) is 6.25. The number of benzene rings is 1. The highest BCUT2D eigenvalue weighted by molar-refractivity contribution is 5.91. The minimum atomic E-state index is -0.205. The molecule has 0 radical (unpaired) electrons. The third-order valence-corrected chi connectivity index (χ3v) is 6.25. The number of unbranched alkanes of at least 4 members (excludes halogenated alkanes) is 1. The van der Waals surface area contributed by atoms with E-state index in [-0.39, 0.29) is 5.91 Å². The van der Waals surface area contributed by atoms with Crippen LogP contribution in [-0.4, -0.2) is 60.9 Å². The molecule has 1 N–H and O–H groups in total. The molecule has 2 aromatic heterocycles. The predicted octanol–water partition coefficient (Wildman–Crippen LogP) is 2.47. The first-order valence-electron chi connectivity index (χ1n) is 11.9. The van der Waals surface area contributed by atoms with Crippen molar-refractivity contribution in [3.8, 4) is 0 Å². The van der Waals surface area contributed by atoms with Crippen LogP contribution < -0.4 is 5.32 Å². The van der Waals surface area contributed by atoms with Gasteiger partial charge in [-0.2, -0.15) is 0 Å². The summed E-state index contributed by atoms with van der Waals surface area (Å²) in [7, 11) is 2.19. The van der Waals surface area contributed by atoms with E-state index in [0.29, 0.717) is 18.2 Å². The molecule has 0 bridgehead atoms. The van der Waals surface area contributed by atoms with Gasteiger partial charge >= 0.3 is 0 Å². The van der Waals surface area contributed by atoms with Crippen molar-refractivity contribution in [2.45, 2.75) is 58.7 Å². The van der Waals surface area contributed by atoms with E-state index in [1.807, 2.05) is 29.8 Å². The normalized spacial score (nSPS) is 15.1. The standard InChI is InChI=1S/C24H34N8O/c1-19-6-5-7-21(14-19)15-25-24(33)23-18-31(29-27-23)11-4-3-8-22-17-32(28-26-22)16-20-9-12-30(2)13-10-20/h5-7,14,17-18,20H,3-4,8-13,15-16H2,1-2H3,(H,25,33). The molecule has 4 rings (SSSR count). The van der Waals surface area contributed by atoms with Crippen LogP contribution in [0.1, 0.15) is 53.0 Å². The fourth-order valence-electron chi connectivity index (χ4n) is 4.24. The summed E-state index contributed by atoms with van der Waals surface area (Å²) < 4.78 is 3.74. The lowest BCUT2D eigenvalue weighted by Gasteiger charge is -2.28. The molecule has 3 aromatic rings. The molecule has 1 saturated heterocycles. The summed E-state index contributed by atoms with van der Waals surface area (Å²) in [5, 5.41) is 19.7. The quantitative estimate of drug-likeness (QED) is 0.477. The van der Waals surface area contributed by atoms with Gasteiger partial charge in [-0.1, -0.05) is 40.3 Å². The largest absolute Gasteiger partial charge is 0.347 e. The third kappa shape index (κ3) is 6.95. The van der Waals surface area contributed by atoms with Gasteiger partial charge in [-0.15, -0.1) is 10.2 Å². The molecule has 1 aliphatic heterocycles. The van der Waals surface area contributed by atoms with E-state index in [2.05, 4.69) is 50.2 Å². The lowest BCUT2D eigenvalue weighted by molar-refractivity contribution is 0.0946. The van der Waals surface area contributed by atoms with Crippen LogP contribution in [0.2, 0.25) is 0 Å². The second kappa shape index (κ2) is 11.2. The van der Waals surface area contributed by atoms with Gasteiger partial charge in [0.25, 0.3) is 5.91 Å². The first-order valence-corrected chi connectivity index (χ1v) is 11.9. The summed E-state index contributed by atoms with van der Waals surface area (Å²) in [6, 6.07) is 8.08. The molecule has 9 nitrogen and oxygen atoms in total. The van der Waals surface area contributed by atoms with Crippen molar-refractivity contribution < 1.29 is 4.79 Å². The van der Waals surface area contributed by atoms with Crippen molar-refractivity contribution in [3.05, 3.63) is 59.2 Å². The Bertz CT molecular complexity index is 1030. The average molecular weight is 451 g/mol. The minimum Gasteiger partial charge on any atom is -0.347 e. The Kier molecular flexibility index (Phi) is 7.83. The molecule has 1 aromatic carbocycles. The number of amides is 1. The molecule has 0 aliphatic carbocycles. The highest BCUT2D eigenvalue weighted by atomic mass is 16.2. The molecule has 1 aliphatic rings. The number of nitrogens with zero attached hydrogens (tertiary/aromatic N) is 7. The van der Waals surface area contributed by atoms with E-state index >= 15 is 0 Å². The van der Waals surface area contributed by atoms with Crippen LogP contribution in [-0.2, 0) is 26.1 Å². The Labute approximate surface area is 195 Å². The molecule has 0 spiro atoms. The zero-order chi connectivity index (χ0) is 23.0. The van der Waals surface area contributed by atoms with E-state index < -0.39 is 0 Å². The van der Waals surface area contributed by atoms with Crippen LogP contribution in [0, 0.1) is 12.8 Å². The summed E-state index contributed by atoms with van der Waals surface area (Å²) in [5.74, 6) is 0.496. The van der Waals surface area contributed by atoms with Crippen LogP contribution in [0.15, 0.2) is 36.7 Å². The first kappa shape index (κ1) is 23.1. The highest BCUT2D eigenvalue weighted by Gasteiger charge is 2.17. The second-order valence-corrected chi connectivity index (χ2v) is 9.17. The number of carbonyl (C=O) groups is 1. The van der Waals surface area contributed by atoms with Crippen LogP contribution in [0.5, 0.6) is 0 Å². The molecular weight excluding hydrogens is 416 g/mol. The van der Waals surface area contributed by atoms with Gasteiger partial charge in [0.1, 0.15) is 0 Å². The smallest absolute Gasteiger partial charge is 0.273 e. The van der Waals surface area contributed by atoms with Crippen molar-refractivity contribution in [3.63, 3.8) is 0 Å². The fourth-order valence-corrected chi connectivity index (χ4v) is 4.24. The van der Waals surface area contributed by atoms with Crippen molar-refractivity contribution >= 4 is 5.91 Å². The van der Waals surface area contributed by atoms with E-state index in [9.17, 15) is 4.79 Å². The van der Waals surface area contributed by atoms with Gasteiger partial charge in [-0.25, -0.2) is 0 Å². The number of likely N-dealkylation sites (tertiary alicyclic amines) is 1. The monoisotopic (exact) mass is 450 g/mol. The molecule has 3 heterocycles. The predicted molar refractivity (Wildman–Crippen MR) is 126 cm³/mol. The van der Waals surface area contributed by atoms with Crippen molar-refractivity contribution in [2.75, 3.05) is 20.1 Å². The summed E-state index contributed by atoms with van der Waals surface area (Å²) >= 11 is 0. The maximum Gasteiger partial charge on any atom is 0.273 e. The minimum absolute atomic E-state index is 0.205. The van der Waals surface area contributed by atoms with Gasteiger partial charge in [-0.05, 0) is 70.6 Å². The van der Waals surface area contributed by atoms with E-state index in [4.69, 9.17) is 0 Å². The molecule has 0 unspecified atom stereocenters. The number of piperidine rings is 1. The molecule has 9 heteroatoms. The van der Waals surface area contributed by atoms with Gasteiger partial charge < -0.3 is 10.2 Å². The number of carbonyl (C=O) groups excluding carboxylic acids is 1. The zero-order valence-corrected chi connectivity index (χ0v) is 19.7. The summed E-state index contributed by atoms with van der Waals surface area (Å²) in [6.07, 6.45) is 9.09. The summed E-state index contributed by atoms with van der Waals surface area (Å²) in [5.41, 5.74) is 3.63. The number of nitrogens with one attached hydrogen (secondary N) is 1. The molecule has 176 valence electrons. The van der Waals surface area contributed by atoms with Crippen LogP contribution >= 0.6 is 0 Å². The molecule has 0 saturated carbocycles. The SMILES string of the molecule is Cc1cccc(CNC(=O)c2cn(CCCCc3cn(CC4CCN(C)CC4)nn3)nn2)c1. The Morgan fingerprint density at radius 2 is 1.91 bits per heavy atom. The van der Waals surface area contributed by atoms with E-state index in [1.165, 1.54) is 31.5 Å². The van der Waals surface area contributed by atoms with Crippen LogP contribution in [0.3, 0.4) is 0 Å². The van der Waals surface area contributed by atoms with Crippen molar-refractivity contribution in [2.24, 2.45) is 5.92 Å². The molecular formula is C24H34N8O. The number of hydrogen-bond donors (Lipinski definition) is 1. The Balaban J connectivity index is 1.15. The number of hydrogen-bond acceptors (Lipinski definition) is 6. The molecule has 1 fully saturated rings. The van der Waals surface area contributed by atoms with E-state index in [1.54, 1.807) is 10.9 Å². The summed E-state index contributed by atoms with van der Waals surface area (Å²) in [6.45, 7) is 6.55. The van der Waals surface area contributed by atoms with Crippen LogP contribution in [0.4, 0.5) is 0 Å². The first-order chi connectivity index (χ1) is 16.0. The van der Waals surface area contributed by atoms with Gasteiger partial charge in [-0.3, -0.25) is 14.2 Å². The maximum atomic E-state index is 12.3. The highest BCUT2D eigenvalue weighted by Crippen LogP contribution is 2.17. The number of aromatic nitrogens is 6. The number of aryl methyl sites for hydroxylation is 3. The maximum absolute atomic E-state index is 12.3. The van der Waals surface area contributed by atoms with Crippen molar-refractivity contribution in [1.82, 2.24) is 40.2 Å². The van der Waals surface area contributed by atoms with Crippen molar-refractivity contribution in [1.29, 1.82) is 0 Å². The van der Waals surface area contributed by atoms with Gasteiger partial charge in [0.05, 0.1) is 11.9 Å². The molecule has 33 heavy (non-hydrogen) atoms. The molecule has 1 amide bonds. The average Bonchev–Trinajstić information content (AvgIpc) is 3.46. The van der Waals surface area contributed by atoms with Crippen LogP contribution in [0.25, 0.3) is 0 Å². The lowest BCUT2D eigenvalue weighted by atomic mass is 9.97. The van der Waals surface area contributed by atoms with Gasteiger partial charge in [0, 0.05) is 25.8 Å². The molecule has 0 atom stereocenters. The second-order valence-electron chi connectivity index (χ2n) is 9.17. The topological polar surface area (TPSA) is 93.8 Å². The fraction of sp³-hybridized carbons (Fsp3) is 0.542. The lowest BCUT2D eigenvalue weighted by Crippen LogP contribution is -2.32. The van der Waals surface area contributed by atoms with E-state index in [0.717, 1.165) is 43.6 Å². The number of rotatable bonds is 10. The van der Waals surface area contributed by atoms with Gasteiger partial charge in [0.15, 0.2) is 5.69 Å². The Morgan fingerprint density at radius 1 is 1.09 bits per heavy atom. The zero-order valence-electron chi connectivity index (χ0n) is 19.7. The Hall–Kier alpha value is -3.07.